The maximum absolute atomic E-state index is 12.8. The molecule has 3 N–H and O–H groups in total. The second-order valence-corrected chi connectivity index (χ2v) is 8.13. The first-order valence-electron chi connectivity index (χ1n) is 8.93. The lowest BCUT2D eigenvalue weighted by atomic mass is 10.1. The van der Waals surface area contributed by atoms with Crippen LogP contribution in [-0.4, -0.2) is 26.3 Å². The van der Waals surface area contributed by atoms with Crippen molar-refractivity contribution in [2.45, 2.75) is 4.90 Å². The highest BCUT2D eigenvalue weighted by atomic mass is 32.2. The molecule has 2 heterocycles. The van der Waals surface area contributed by atoms with Crippen molar-refractivity contribution in [3.05, 3.63) is 78.1 Å². The number of nitrogens with two attached hydrogens (primary N) is 1. The monoisotopic (exact) mass is 437 g/mol. The number of rotatable bonds is 4. The normalized spacial score (nSPS) is 16.0. The van der Waals surface area contributed by atoms with Gasteiger partial charge in [0.25, 0.3) is 11.8 Å². The van der Waals surface area contributed by atoms with Gasteiger partial charge >= 0.3 is 6.03 Å². The number of sulfonamides is 1. The molecule has 0 aliphatic carbocycles. The third kappa shape index (κ3) is 4.02. The number of carbonyl (C=O) groups excluding carboxylic acids is 3. The molecule has 4 rings (SSSR count). The zero-order valence-corrected chi connectivity index (χ0v) is 16.6. The molecule has 1 aliphatic rings. The van der Waals surface area contributed by atoms with E-state index in [-0.39, 0.29) is 16.2 Å². The summed E-state index contributed by atoms with van der Waals surface area (Å²) in [6, 6.07) is 16.2. The molecule has 1 saturated heterocycles. The molecule has 156 valence electrons. The molecular formula is C21H15N3O6S. The summed E-state index contributed by atoms with van der Waals surface area (Å²) < 4.78 is 28.4. The maximum atomic E-state index is 12.8. The molecule has 31 heavy (non-hydrogen) atoms. The molecule has 4 amide bonds. The summed E-state index contributed by atoms with van der Waals surface area (Å²) in [6.07, 6.45) is 1.24. The molecule has 0 bridgehead atoms. The van der Waals surface area contributed by atoms with E-state index in [2.05, 4.69) is 5.32 Å². The minimum absolute atomic E-state index is 0.0414. The van der Waals surface area contributed by atoms with Crippen LogP contribution >= 0.6 is 0 Å². The molecule has 1 fully saturated rings. The van der Waals surface area contributed by atoms with Gasteiger partial charge < -0.3 is 4.42 Å². The largest absolute Gasteiger partial charge is 0.457 e. The zero-order chi connectivity index (χ0) is 22.2. The molecule has 2 aromatic carbocycles. The van der Waals surface area contributed by atoms with E-state index in [0.29, 0.717) is 17.0 Å². The Morgan fingerprint density at radius 2 is 1.58 bits per heavy atom. The molecule has 0 unspecified atom stereocenters. The van der Waals surface area contributed by atoms with Gasteiger partial charge in [0.1, 0.15) is 17.1 Å². The van der Waals surface area contributed by atoms with Gasteiger partial charge in [0.2, 0.25) is 10.0 Å². The van der Waals surface area contributed by atoms with E-state index in [4.69, 9.17) is 9.56 Å². The average Bonchev–Trinajstić information content (AvgIpc) is 3.20. The molecular weight excluding hydrogens is 422 g/mol. The van der Waals surface area contributed by atoms with Gasteiger partial charge in [-0.15, -0.1) is 0 Å². The number of amides is 4. The lowest BCUT2D eigenvalue weighted by Gasteiger charge is -2.26. The zero-order valence-electron chi connectivity index (χ0n) is 15.8. The van der Waals surface area contributed by atoms with E-state index >= 15 is 0 Å². The molecule has 0 spiro atoms. The van der Waals surface area contributed by atoms with E-state index in [9.17, 15) is 22.8 Å². The van der Waals surface area contributed by atoms with Crippen LogP contribution in [0.15, 0.2) is 81.6 Å². The van der Waals surface area contributed by atoms with Gasteiger partial charge in [0.15, 0.2) is 0 Å². The number of hydrogen-bond acceptors (Lipinski definition) is 6. The highest BCUT2D eigenvalue weighted by Crippen LogP contribution is 2.26. The predicted molar refractivity (Wildman–Crippen MR) is 111 cm³/mol. The lowest BCUT2D eigenvalue weighted by Crippen LogP contribution is -2.54. The fourth-order valence-electron chi connectivity index (χ4n) is 3.01. The first-order chi connectivity index (χ1) is 14.7. The van der Waals surface area contributed by atoms with Crippen LogP contribution in [0.5, 0.6) is 0 Å². The van der Waals surface area contributed by atoms with Crippen molar-refractivity contribution < 1.29 is 27.2 Å². The summed E-state index contributed by atoms with van der Waals surface area (Å²) in [4.78, 5) is 38.1. The number of furan rings is 1. The first kappa shape index (κ1) is 20.3. The van der Waals surface area contributed by atoms with Gasteiger partial charge in [0.05, 0.1) is 10.6 Å². The van der Waals surface area contributed by atoms with Crippen molar-refractivity contribution in [1.82, 2.24) is 5.32 Å². The Morgan fingerprint density at radius 3 is 2.23 bits per heavy atom. The van der Waals surface area contributed by atoms with E-state index in [1.807, 2.05) is 0 Å². The molecule has 0 atom stereocenters. The van der Waals surface area contributed by atoms with Crippen LogP contribution in [0.2, 0.25) is 0 Å². The molecule has 9 nitrogen and oxygen atoms in total. The Balaban J connectivity index is 1.64. The number of carbonyl (C=O) groups is 3. The summed E-state index contributed by atoms with van der Waals surface area (Å²) in [6.45, 7) is 0. The topological polar surface area (TPSA) is 140 Å². The van der Waals surface area contributed by atoms with Gasteiger partial charge in [-0.25, -0.2) is 23.3 Å². The number of para-hydroxylation sites is 1. The summed E-state index contributed by atoms with van der Waals surface area (Å²) in [5, 5.41) is 7.22. The number of primary sulfonamides is 1. The molecule has 1 aromatic heterocycles. The summed E-state index contributed by atoms with van der Waals surface area (Å²) in [5.41, 5.74) is 0.616. The summed E-state index contributed by atoms with van der Waals surface area (Å²) in [7, 11) is -3.81. The van der Waals surface area contributed by atoms with Crippen molar-refractivity contribution in [2.24, 2.45) is 5.14 Å². The van der Waals surface area contributed by atoms with Gasteiger partial charge in [0, 0.05) is 5.56 Å². The van der Waals surface area contributed by atoms with Gasteiger partial charge in [-0.1, -0.05) is 18.2 Å². The molecule has 0 saturated carbocycles. The van der Waals surface area contributed by atoms with E-state index in [1.54, 1.807) is 42.5 Å². The van der Waals surface area contributed by atoms with Crippen LogP contribution < -0.4 is 15.4 Å². The number of benzene rings is 2. The maximum Gasteiger partial charge on any atom is 0.335 e. The predicted octanol–water partition coefficient (Wildman–Crippen LogP) is 2.26. The lowest BCUT2D eigenvalue weighted by molar-refractivity contribution is -0.122. The van der Waals surface area contributed by atoms with Crippen molar-refractivity contribution >= 4 is 39.6 Å². The van der Waals surface area contributed by atoms with Crippen molar-refractivity contribution in [3.63, 3.8) is 0 Å². The molecule has 0 radical (unpaired) electrons. The van der Waals surface area contributed by atoms with Crippen LogP contribution in [0.3, 0.4) is 0 Å². The fraction of sp³-hybridized carbons (Fsp3) is 0. The van der Waals surface area contributed by atoms with E-state index < -0.39 is 27.9 Å². The van der Waals surface area contributed by atoms with Crippen molar-refractivity contribution in [3.8, 4) is 11.3 Å². The Hall–Kier alpha value is -4.02. The van der Waals surface area contributed by atoms with Crippen molar-refractivity contribution in [2.75, 3.05) is 4.90 Å². The smallest absolute Gasteiger partial charge is 0.335 e. The van der Waals surface area contributed by atoms with Crippen LogP contribution in [0.25, 0.3) is 17.4 Å². The van der Waals surface area contributed by atoms with Crippen LogP contribution in [0.1, 0.15) is 5.76 Å². The Kier molecular flexibility index (Phi) is 5.01. The number of anilines is 1. The van der Waals surface area contributed by atoms with Gasteiger partial charge in [-0.2, -0.15) is 0 Å². The number of barbiturate groups is 1. The van der Waals surface area contributed by atoms with Gasteiger partial charge in [-0.3, -0.25) is 14.9 Å². The number of hydrogen-bond donors (Lipinski definition) is 2. The summed E-state index contributed by atoms with van der Waals surface area (Å²) >= 11 is 0. The van der Waals surface area contributed by atoms with Crippen LogP contribution in [-0.2, 0) is 19.6 Å². The highest BCUT2D eigenvalue weighted by Gasteiger charge is 2.36. The summed E-state index contributed by atoms with van der Waals surface area (Å²) in [5.74, 6) is -1.04. The molecule has 3 aromatic rings. The van der Waals surface area contributed by atoms with Gasteiger partial charge in [-0.05, 0) is 54.6 Å². The Bertz CT molecular complexity index is 1320. The third-order valence-corrected chi connectivity index (χ3v) is 5.43. The van der Waals surface area contributed by atoms with Crippen LogP contribution in [0.4, 0.5) is 10.5 Å². The molecule has 10 heteroatoms. The number of urea groups is 1. The molecule has 1 aliphatic heterocycles. The number of nitrogens with zero attached hydrogens (tertiary/aromatic N) is 1. The van der Waals surface area contributed by atoms with E-state index in [1.165, 1.54) is 30.3 Å². The number of imide groups is 2. The van der Waals surface area contributed by atoms with E-state index in [0.717, 1.165) is 4.90 Å². The van der Waals surface area contributed by atoms with Crippen LogP contribution in [0, 0.1) is 0 Å². The quantitative estimate of drug-likeness (QED) is 0.474. The third-order valence-electron chi connectivity index (χ3n) is 4.50. The first-order valence-corrected chi connectivity index (χ1v) is 10.5. The Morgan fingerprint density at radius 1 is 0.903 bits per heavy atom. The SMILES string of the molecule is NS(=O)(=O)c1ccc(-c2ccc(/C=C3\C(=O)NC(=O)N(c4ccccc4)C3=O)o2)cc1. The highest BCUT2D eigenvalue weighted by molar-refractivity contribution is 7.89. The second-order valence-electron chi connectivity index (χ2n) is 6.56. The van der Waals surface area contributed by atoms with Crippen molar-refractivity contribution in [1.29, 1.82) is 0 Å². The average molecular weight is 437 g/mol. The fourth-order valence-corrected chi connectivity index (χ4v) is 3.52. The minimum Gasteiger partial charge on any atom is -0.457 e. The second kappa shape index (κ2) is 7.67. The minimum atomic E-state index is -3.81. The Labute approximate surface area is 176 Å². The standard InChI is InChI=1S/C21H15N3O6S/c22-31(28,29)16-9-6-13(7-10-16)18-11-8-15(30-18)12-17-19(25)23-21(27)24(20(17)26)14-4-2-1-3-5-14/h1-12H,(H2,22,28,29)(H,23,25,27)/b17-12+. The number of nitrogens with one attached hydrogen (secondary N) is 1.